The van der Waals surface area contributed by atoms with Gasteiger partial charge in [-0.3, -0.25) is 10.1 Å². The van der Waals surface area contributed by atoms with E-state index in [0.717, 1.165) is 22.2 Å². The van der Waals surface area contributed by atoms with Crippen LogP contribution in [-0.4, -0.2) is 36.7 Å². The molecule has 37 heavy (non-hydrogen) atoms. The third kappa shape index (κ3) is 4.61. The first-order valence-electron chi connectivity index (χ1n) is 12.2. The van der Waals surface area contributed by atoms with E-state index >= 15 is 0 Å². The number of hydrogen-bond donors (Lipinski definition) is 0. The van der Waals surface area contributed by atoms with Gasteiger partial charge in [0, 0.05) is 46.7 Å². The summed E-state index contributed by atoms with van der Waals surface area (Å²) in [5.74, 6) is 2.69. The predicted octanol–water partition coefficient (Wildman–Crippen LogP) is 6.76. The van der Waals surface area contributed by atoms with E-state index in [9.17, 15) is 18.5 Å². The number of aromatic nitrogens is 1. The molecule has 1 atom stereocenters. The first-order valence-corrected chi connectivity index (χ1v) is 17.0. The average molecular weight is 558 g/mol. The number of nitro benzene ring substituents is 1. The number of fused-ring (bicyclic) bond motifs is 3. The topological polar surface area (TPSA) is 85.5 Å². The maximum Gasteiger partial charge on any atom is 0.269 e. The zero-order chi connectivity index (χ0) is 27.3. The molecule has 0 saturated carbocycles. The van der Waals surface area contributed by atoms with Crippen LogP contribution in [-0.2, 0) is 16.4 Å². The zero-order valence-electron chi connectivity index (χ0n) is 21.8. The number of halogens is 1. The van der Waals surface area contributed by atoms with Crippen LogP contribution >= 0.6 is 11.6 Å². The first kappa shape index (κ1) is 27.4. The quantitative estimate of drug-likeness (QED) is 0.145. The van der Waals surface area contributed by atoms with Gasteiger partial charge >= 0.3 is 0 Å². The Kier molecular flexibility index (Phi) is 7.10. The van der Waals surface area contributed by atoms with E-state index < -0.39 is 29.2 Å². The molecule has 1 aliphatic heterocycles. The minimum atomic E-state index is -3.95. The Hall–Kier alpha value is -2.64. The van der Waals surface area contributed by atoms with E-state index in [0.29, 0.717) is 24.3 Å². The lowest BCUT2D eigenvalue weighted by Gasteiger charge is -2.43. The van der Waals surface area contributed by atoms with E-state index in [1.54, 1.807) is 0 Å². The molecule has 196 valence electrons. The van der Waals surface area contributed by atoms with Crippen molar-refractivity contribution in [1.82, 2.24) is 8.54 Å². The van der Waals surface area contributed by atoms with Gasteiger partial charge < -0.3 is 4.23 Å². The Morgan fingerprint density at radius 3 is 2.41 bits per heavy atom. The molecular weight excluding hydrogens is 526 g/mol. The summed E-state index contributed by atoms with van der Waals surface area (Å²) < 4.78 is 31.9. The largest absolute Gasteiger partial charge is 0.370 e. The van der Waals surface area contributed by atoms with Crippen molar-refractivity contribution < 1.29 is 13.3 Å². The monoisotopic (exact) mass is 557 g/mol. The number of nitro groups is 1. The van der Waals surface area contributed by atoms with E-state index in [-0.39, 0.29) is 22.2 Å². The van der Waals surface area contributed by atoms with Gasteiger partial charge in [0.2, 0.25) is 10.0 Å². The smallest absolute Gasteiger partial charge is 0.269 e. The molecular formula is C27H32ClN3O4SSi. The summed E-state index contributed by atoms with van der Waals surface area (Å²) >= 11 is 6.43. The van der Waals surface area contributed by atoms with Crippen LogP contribution in [0.5, 0.6) is 0 Å². The van der Waals surface area contributed by atoms with Crippen molar-refractivity contribution in [2.24, 2.45) is 0 Å². The van der Waals surface area contributed by atoms with Gasteiger partial charge in [0.1, 0.15) is 0 Å². The van der Waals surface area contributed by atoms with Crippen molar-refractivity contribution in [2.45, 2.75) is 69.1 Å². The standard InChI is InChI=1S/C27H32ClN3O4SSi/c1-7-8-9-25-26-22(16-17-29(25)36(34,35)21-13-11-20(12-14-21)31(32)33)23-18-19(28)10-15-24(23)30(26)37(5,6)27(2,3)4/h1,10-15,18,25H,8-9,16-17H2,2-6H3. The van der Waals surface area contributed by atoms with Gasteiger partial charge in [-0.2, -0.15) is 4.31 Å². The molecule has 0 saturated heterocycles. The van der Waals surface area contributed by atoms with E-state index in [2.05, 4.69) is 44.0 Å². The van der Waals surface area contributed by atoms with Gasteiger partial charge in [-0.05, 0) is 53.8 Å². The minimum absolute atomic E-state index is 0.0253. The number of hydrogen-bond acceptors (Lipinski definition) is 4. The van der Waals surface area contributed by atoms with Gasteiger partial charge in [-0.25, -0.2) is 8.42 Å². The zero-order valence-corrected chi connectivity index (χ0v) is 24.4. The first-order chi connectivity index (χ1) is 17.2. The summed E-state index contributed by atoms with van der Waals surface area (Å²) in [6.07, 6.45) is 7.08. The Morgan fingerprint density at radius 1 is 1.19 bits per heavy atom. The highest BCUT2D eigenvalue weighted by Crippen LogP contribution is 2.47. The lowest BCUT2D eigenvalue weighted by molar-refractivity contribution is -0.384. The van der Waals surface area contributed by atoms with Crippen LogP contribution < -0.4 is 0 Å². The molecule has 7 nitrogen and oxygen atoms in total. The molecule has 0 aliphatic carbocycles. The maximum absolute atomic E-state index is 14.0. The van der Waals surface area contributed by atoms with Crippen LogP contribution in [0.2, 0.25) is 23.2 Å². The molecule has 0 fully saturated rings. The third-order valence-corrected chi connectivity index (χ3v) is 15.4. The molecule has 3 aromatic rings. The molecule has 1 aliphatic rings. The molecule has 2 heterocycles. The van der Waals surface area contributed by atoms with Crippen LogP contribution in [0, 0.1) is 22.5 Å². The van der Waals surface area contributed by atoms with Crippen LogP contribution in [0.15, 0.2) is 47.4 Å². The maximum atomic E-state index is 14.0. The molecule has 2 aromatic carbocycles. The number of non-ortho nitro benzene ring substituents is 1. The van der Waals surface area contributed by atoms with Crippen molar-refractivity contribution >= 4 is 46.5 Å². The lowest BCUT2D eigenvalue weighted by Crippen LogP contribution is -2.49. The average Bonchev–Trinajstić information content (AvgIpc) is 3.16. The number of benzene rings is 2. The molecule has 1 aromatic heterocycles. The van der Waals surface area contributed by atoms with Crippen molar-refractivity contribution in [1.29, 1.82) is 0 Å². The second-order valence-corrected chi connectivity index (χ2v) is 18.4. The normalized spacial score (nSPS) is 16.9. The van der Waals surface area contributed by atoms with Gasteiger partial charge in [0.25, 0.3) is 5.69 Å². The molecule has 4 rings (SSSR count). The summed E-state index contributed by atoms with van der Waals surface area (Å²) in [5, 5.41) is 12.8. The Morgan fingerprint density at radius 2 is 1.84 bits per heavy atom. The molecule has 1 unspecified atom stereocenters. The summed E-state index contributed by atoms with van der Waals surface area (Å²) in [6.45, 7) is 11.6. The summed E-state index contributed by atoms with van der Waals surface area (Å²) in [7, 11) is -6.19. The molecule has 0 amide bonds. The molecule has 0 spiro atoms. The van der Waals surface area contributed by atoms with Crippen molar-refractivity contribution in [2.75, 3.05) is 6.54 Å². The third-order valence-electron chi connectivity index (χ3n) is 7.93. The Labute approximate surface area is 224 Å². The van der Waals surface area contributed by atoms with Crippen LogP contribution in [0.3, 0.4) is 0 Å². The van der Waals surface area contributed by atoms with Gasteiger partial charge in [-0.15, -0.1) is 12.3 Å². The minimum Gasteiger partial charge on any atom is -0.370 e. The molecule has 0 N–H and O–H groups in total. The second kappa shape index (κ2) is 9.59. The summed E-state index contributed by atoms with van der Waals surface area (Å²) in [4.78, 5) is 10.6. The number of sulfonamides is 1. The van der Waals surface area contributed by atoms with E-state index in [1.807, 2.05) is 18.2 Å². The van der Waals surface area contributed by atoms with Gasteiger partial charge in [0.15, 0.2) is 8.24 Å². The van der Waals surface area contributed by atoms with Crippen molar-refractivity contribution in [3.8, 4) is 12.3 Å². The fourth-order valence-corrected chi connectivity index (χ4v) is 9.23. The molecule has 0 radical (unpaired) electrons. The predicted molar refractivity (Wildman–Crippen MR) is 151 cm³/mol. The van der Waals surface area contributed by atoms with Crippen molar-refractivity contribution in [3.05, 3.63) is 68.9 Å². The van der Waals surface area contributed by atoms with E-state index in [4.69, 9.17) is 18.0 Å². The summed E-state index contributed by atoms with van der Waals surface area (Å²) in [6, 6.07) is 10.5. The Bertz CT molecular complexity index is 1520. The van der Waals surface area contributed by atoms with Crippen LogP contribution in [0.4, 0.5) is 5.69 Å². The second-order valence-electron chi connectivity index (χ2n) is 11.0. The lowest BCUT2D eigenvalue weighted by atomic mass is 9.96. The fourth-order valence-electron chi connectivity index (χ4n) is 5.08. The Balaban J connectivity index is 1.97. The highest BCUT2D eigenvalue weighted by atomic mass is 35.5. The van der Waals surface area contributed by atoms with E-state index in [1.165, 1.54) is 28.6 Å². The SMILES string of the molecule is C#CCCC1c2c(c3cc(Cl)ccc3n2[Si](C)(C)C(C)(C)C)CCN1S(=O)(=O)c1ccc([N+](=O)[O-])cc1. The molecule has 0 bridgehead atoms. The number of nitrogens with zero attached hydrogens (tertiary/aromatic N) is 3. The number of terminal acetylenes is 1. The van der Waals surface area contributed by atoms with Crippen LogP contribution in [0.25, 0.3) is 10.9 Å². The highest BCUT2D eigenvalue weighted by Gasteiger charge is 2.45. The van der Waals surface area contributed by atoms with Crippen LogP contribution in [0.1, 0.15) is 50.9 Å². The fraction of sp³-hybridized carbons (Fsp3) is 0.407. The highest BCUT2D eigenvalue weighted by molar-refractivity contribution is 7.89. The van der Waals surface area contributed by atoms with Gasteiger partial charge in [0.05, 0.1) is 15.9 Å². The van der Waals surface area contributed by atoms with Crippen molar-refractivity contribution in [3.63, 3.8) is 0 Å². The summed E-state index contributed by atoms with van der Waals surface area (Å²) in [5.41, 5.74) is 3.04. The molecule has 10 heteroatoms. The number of rotatable bonds is 6. The van der Waals surface area contributed by atoms with Gasteiger partial charge in [-0.1, -0.05) is 45.5 Å².